The van der Waals surface area contributed by atoms with Gasteiger partial charge < -0.3 is 6.92 Å². The maximum absolute atomic E-state index is 5.74. The largest absolute Gasteiger partial charge is 1.00 e. The Balaban J connectivity index is 0.000000167. The molecule has 15 aromatic heterocycles. The summed E-state index contributed by atoms with van der Waals surface area (Å²) in [5.41, 5.74) is 8.95. The third kappa shape index (κ3) is 24.4. The molecular weight excluding hydrogens is 2140 g/mol. The Morgan fingerprint density at radius 3 is 0.743 bits per heavy atom. The van der Waals surface area contributed by atoms with E-state index >= 15 is 0 Å². The zero-order valence-electron chi connectivity index (χ0n) is 64.9. The van der Waals surface area contributed by atoms with E-state index in [4.69, 9.17) is 8.92 Å². The number of hydrogen-bond acceptors (Lipinski definition) is 15. The van der Waals surface area contributed by atoms with E-state index in [2.05, 4.69) is 293 Å². The van der Waals surface area contributed by atoms with Gasteiger partial charge in [-0.15, -0.1) is 113 Å². The maximum Gasteiger partial charge on any atom is 1.00 e. The summed E-state index contributed by atoms with van der Waals surface area (Å²) in [6, 6.07) is 32.4. The van der Waals surface area contributed by atoms with Crippen LogP contribution >= 0.6 is 211 Å². The van der Waals surface area contributed by atoms with Crippen molar-refractivity contribution in [3.8, 4) is 62.6 Å². The number of thiophene rings is 15. The van der Waals surface area contributed by atoms with E-state index in [1.165, 1.54) is 131 Å². The number of unbranched alkanes of at least 4 members (excludes halogenated alkanes) is 1. The van der Waals surface area contributed by atoms with E-state index in [1.807, 2.05) is 125 Å². The van der Waals surface area contributed by atoms with Gasteiger partial charge in [-0.3, -0.25) is 0 Å². The molecule has 0 N–H and O–H groups in total. The van der Waals surface area contributed by atoms with Crippen LogP contribution < -0.4 is 27.5 Å². The van der Waals surface area contributed by atoms with Crippen LogP contribution in [-0.2, 0) is 44.9 Å². The SMILES string of the molecule is Brc1csc2c(Br)csc12.CCc1cc[c]([Sn]([CH3])([CH3])[CH3])s1.CCc1ccc(-c2[c]([Sn]([CH3])([CH3])[CH3])sc3c(-c4ccc(CC)s4)[c]([Sn]([CH3])([CH3])[CH3])sc23)s1.CCc1ccc(-c2csc3c(-c4ccc(CC)s4)csc23)s1.CCc1ccc(-c2csc3c(-c4ccc(CC)s4)csc23)s1.[CH2-]CCC.[CH3][Sn]([CH3])([CH3])[Cl].[Li+]. The fourth-order valence-electron chi connectivity index (χ4n) is 10.8. The normalized spacial score (nSPS) is 11.7. The van der Waals surface area contributed by atoms with Gasteiger partial charge in [-0.05, 0) is 106 Å². The summed E-state index contributed by atoms with van der Waals surface area (Å²) in [4.78, 5) is 48.6. The van der Waals surface area contributed by atoms with E-state index in [-0.39, 0.29) is 18.9 Å². The van der Waals surface area contributed by atoms with Crippen LogP contribution in [0.4, 0.5) is 0 Å². The average molecular weight is 2240 g/mol. The van der Waals surface area contributed by atoms with Crippen LogP contribution in [0.3, 0.4) is 0 Å². The van der Waals surface area contributed by atoms with Crippen LogP contribution in [0, 0.1) is 6.92 Å². The molecule has 0 aliphatic heterocycles. The summed E-state index contributed by atoms with van der Waals surface area (Å²) < 4.78 is 19.4. The standard InChI is InChI=1S/2C18H16S4.C18H14S4.C6H2Br2S2.C6H7S.C4H9.12CH3.ClH.Li.4Sn/c3*1-3-11-5-7-15(21-11)13-9-19-18-14(10-20-17(13)18)16-8-6-12(4-2)22-16;7-3-1-9-6-4(8)2-10-5(3)6;1-2-6-4-3-5-7-6;1-3-4-2;;;;;;;;;;;;;;;;;;/h2*5-10H,3-4H2,1-2H3;5-8H,3-4H2,1-2H3;1-2H;3-4H,2H2,1H3;1,3-4H2,2H3;12*1H3;1H;;;;;/q;;;;;-1;;;;;;;;;;;;;;+1;;;;+1/p-1. The molecule has 0 amide bonds. The number of aryl methyl sites for hydroxylation is 7. The van der Waals surface area contributed by atoms with E-state index in [1.54, 1.807) is 56.8 Å². The second-order valence-corrected chi connectivity index (χ2v) is 112. The van der Waals surface area contributed by atoms with Gasteiger partial charge in [0.1, 0.15) is 0 Å². The van der Waals surface area contributed by atoms with Crippen LogP contribution in [0.25, 0.3) is 100 Å². The van der Waals surface area contributed by atoms with Crippen molar-refractivity contribution in [3.63, 3.8) is 0 Å². The molecule has 0 radical (unpaired) electrons. The van der Waals surface area contributed by atoms with Crippen LogP contribution in [0.5, 0.6) is 0 Å². The Morgan fingerprint density at radius 1 is 0.305 bits per heavy atom. The molecule has 0 saturated carbocycles. The van der Waals surface area contributed by atoms with E-state index in [9.17, 15) is 0 Å². The molecule has 0 spiro atoms. The molecule has 0 nitrogen and oxygen atoms in total. The second-order valence-electron chi connectivity index (χ2n) is 29.0. The molecule has 0 atom stereocenters. The van der Waals surface area contributed by atoms with Gasteiger partial charge in [0, 0.05) is 102 Å². The summed E-state index contributed by atoms with van der Waals surface area (Å²) >= 11 is 28.3. The average Bonchev–Trinajstić information content (AvgIpc) is 1.59. The van der Waals surface area contributed by atoms with Crippen LogP contribution in [0.1, 0.15) is 102 Å². The minimum atomic E-state index is -2.26. The molecule has 15 rings (SSSR count). The van der Waals surface area contributed by atoms with Crippen LogP contribution in [-0.4, -0.2) is 72.4 Å². The van der Waals surface area contributed by atoms with E-state index in [0.717, 1.165) is 44.9 Å². The summed E-state index contributed by atoms with van der Waals surface area (Å²) in [5.74, 6) is 0. The molecule has 0 fully saturated rings. The van der Waals surface area contributed by atoms with Crippen molar-refractivity contribution >= 4 is 329 Å². The second kappa shape index (κ2) is 42.1. The number of fused-ring (bicyclic) bond motifs is 4. The fourth-order valence-corrected chi connectivity index (χ4v) is 49.2. The summed E-state index contributed by atoms with van der Waals surface area (Å²) in [6.07, 6.45) is 10.3. The molecule has 0 unspecified atom stereocenters. The first-order chi connectivity index (χ1) is 49.4. The zero-order chi connectivity index (χ0) is 75.6. The topological polar surface area (TPSA) is 0 Å². The maximum atomic E-state index is 5.74. The molecule has 556 valence electrons. The summed E-state index contributed by atoms with van der Waals surface area (Å²) in [5, 5.41) is 13.6. The van der Waals surface area contributed by atoms with Crippen molar-refractivity contribution in [3.05, 3.63) is 167 Å². The first-order valence-electron chi connectivity index (χ1n) is 35.9. The minimum Gasteiger partial charge on any atom is 1.00 e. The molecular formula is C82H100Br2ClLiS15Sn4. The van der Waals surface area contributed by atoms with Crippen LogP contribution in [0.2, 0.25) is 59.3 Å². The molecule has 15 aromatic rings. The predicted molar refractivity (Wildman–Crippen MR) is 522 cm³/mol. The van der Waals surface area contributed by atoms with Gasteiger partial charge in [-0.2, -0.15) is 6.42 Å². The Kier molecular flexibility index (Phi) is 36.9. The van der Waals surface area contributed by atoms with Gasteiger partial charge in [-0.1, -0.05) is 41.0 Å². The first kappa shape index (κ1) is 92.1. The molecule has 0 aliphatic carbocycles. The van der Waals surface area contributed by atoms with Gasteiger partial charge >= 0.3 is 346 Å². The van der Waals surface area contributed by atoms with Gasteiger partial charge in [0.25, 0.3) is 0 Å². The molecule has 23 heteroatoms. The predicted octanol–water partition coefficient (Wildman–Crippen LogP) is 31.8. The van der Waals surface area contributed by atoms with Crippen LogP contribution in [0.15, 0.2) is 126 Å². The molecule has 0 aromatic carbocycles. The van der Waals surface area contributed by atoms with Gasteiger partial charge in [0.05, 0.1) is 28.2 Å². The molecule has 105 heavy (non-hydrogen) atoms. The fraction of sp³-hybridized carbons (Fsp3) is 0.354. The monoisotopic (exact) mass is 2240 g/mol. The van der Waals surface area contributed by atoms with Gasteiger partial charge in [0.15, 0.2) is 0 Å². The molecule has 0 aliphatic rings. The van der Waals surface area contributed by atoms with Gasteiger partial charge in [0.2, 0.25) is 0 Å². The quantitative estimate of drug-likeness (QED) is 0.0630. The van der Waals surface area contributed by atoms with E-state index in [0.29, 0.717) is 0 Å². The van der Waals surface area contributed by atoms with Crippen molar-refractivity contribution < 1.29 is 18.9 Å². The van der Waals surface area contributed by atoms with Crippen molar-refractivity contribution in [1.29, 1.82) is 0 Å². The van der Waals surface area contributed by atoms with Crippen molar-refractivity contribution in [2.75, 3.05) is 0 Å². The Labute approximate surface area is 738 Å². The molecule has 15 heterocycles. The third-order valence-electron chi connectivity index (χ3n) is 16.4. The number of halogens is 3. The van der Waals surface area contributed by atoms with Crippen molar-refractivity contribution in [1.82, 2.24) is 0 Å². The van der Waals surface area contributed by atoms with Crippen molar-refractivity contribution in [2.24, 2.45) is 0 Å². The first-order valence-corrected chi connectivity index (χ1v) is 92.2. The number of hydrogen-bond donors (Lipinski definition) is 0. The van der Waals surface area contributed by atoms with Crippen molar-refractivity contribution in [2.45, 2.75) is 172 Å². The Hall–Kier alpha value is 1.58. The minimum absolute atomic E-state index is 0. The summed E-state index contributed by atoms with van der Waals surface area (Å²) in [6.45, 7) is 21.4. The Bertz CT molecular complexity index is 4700. The summed E-state index contributed by atoms with van der Waals surface area (Å²) in [7, 11) is 5.74. The zero-order valence-corrected chi connectivity index (χ0v) is 92.5. The number of rotatable bonds is 17. The smallest absolute Gasteiger partial charge is 1.00 e. The molecule has 0 saturated heterocycles. The van der Waals surface area contributed by atoms with E-state index < -0.39 is 72.4 Å². The molecule has 0 bridgehead atoms. The Morgan fingerprint density at radius 2 is 0.533 bits per heavy atom. The van der Waals surface area contributed by atoms with Gasteiger partial charge in [-0.25, -0.2) is 0 Å². The third-order valence-corrected chi connectivity index (χ3v) is 64.8.